The largest absolute Gasteiger partial charge is 0.459 e. The molecule has 3 heterocycles. The van der Waals surface area contributed by atoms with E-state index >= 15 is 0 Å². The second-order valence-electron chi connectivity index (χ2n) is 8.35. The molecule has 0 aliphatic carbocycles. The van der Waals surface area contributed by atoms with Gasteiger partial charge in [-0.05, 0) is 85.7 Å². The zero-order chi connectivity index (χ0) is 23.8. The third kappa shape index (κ3) is 4.04. The van der Waals surface area contributed by atoms with E-state index in [1.54, 1.807) is 18.3 Å². The smallest absolute Gasteiger partial charge is 0.269 e. The van der Waals surface area contributed by atoms with Gasteiger partial charge < -0.3 is 14.6 Å². The summed E-state index contributed by atoms with van der Waals surface area (Å²) in [7, 11) is 0. The van der Waals surface area contributed by atoms with E-state index in [0.29, 0.717) is 10.9 Å². The Morgan fingerprint density at radius 1 is 1.03 bits per heavy atom. The molecule has 2 atom stereocenters. The van der Waals surface area contributed by atoms with Crippen LogP contribution in [0.5, 0.6) is 0 Å². The van der Waals surface area contributed by atoms with E-state index in [1.807, 2.05) is 30.3 Å². The van der Waals surface area contributed by atoms with Gasteiger partial charge in [-0.1, -0.05) is 12.1 Å². The topological polar surface area (TPSA) is 84.4 Å². The number of nitro groups is 1. The van der Waals surface area contributed by atoms with Crippen molar-refractivity contribution in [1.82, 2.24) is 10.3 Å². The first-order valence-electron chi connectivity index (χ1n) is 10.8. The monoisotopic (exact) mass is 470 g/mol. The standard InChI is InChI=1S/C26H22N4O3S/c1-16-13-17(2)15-20(14-16)29-25(24(28-26(29)34)21-5-3-4-12-27-21)23-11-10-22(33-23)18-6-8-19(9-7-18)30(31)32/h3-15,24-25H,1-2H3,(H,28,34)/t24-,25-/m0/s1. The van der Waals surface area contributed by atoms with Gasteiger partial charge in [-0.2, -0.15) is 0 Å². The molecule has 5 rings (SSSR count). The van der Waals surface area contributed by atoms with Crippen LogP contribution in [0.1, 0.15) is 34.7 Å². The van der Waals surface area contributed by atoms with Gasteiger partial charge in [0.2, 0.25) is 0 Å². The quantitative estimate of drug-likeness (QED) is 0.216. The zero-order valence-electron chi connectivity index (χ0n) is 18.6. The molecule has 2 aromatic carbocycles. The van der Waals surface area contributed by atoms with Crippen LogP contribution < -0.4 is 10.2 Å². The van der Waals surface area contributed by atoms with Crippen LogP contribution in [-0.2, 0) is 0 Å². The number of thiocarbonyl (C=S) groups is 1. The number of hydrogen-bond acceptors (Lipinski definition) is 5. The minimum Gasteiger partial charge on any atom is -0.459 e. The van der Waals surface area contributed by atoms with Crippen molar-refractivity contribution >= 4 is 28.7 Å². The summed E-state index contributed by atoms with van der Waals surface area (Å²) in [5, 5.41) is 15.0. The summed E-state index contributed by atoms with van der Waals surface area (Å²) >= 11 is 5.78. The average Bonchev–Trinajstić information content (AvgIpc) is 3.43. The molecule has 1 aliphatic heterocycles. The molecule has 0 saturated carbocycles. The van der Waals surface area contributed by atoms with Crippen molar-refractivity contribution in [3.05, 3.63) is 112 Å². The minimum absolute atomic E-state index is 0.0390. The number of nitro benzene ring substituents is 1. The van der Waals surface area contributed by atoms with Gasteiger partial charge in [-0.25, -0.2) is 0 Å². The van der Waals surface area contributed by atoms with Crippen molar-refractivity contribution < 1.29 is 9.34 Å². The van der Waals surface area contributed by atoms with E-state index in [9.17, 15) is 10.1 Å². The molecular weight excluding hydrogens is 448 g/mol. The van der Waals surface area contributed by atoms with E-state index in [2.05, 4.69) is 47.2 Å². The van der Waals surface area contributed by atoms with Gasteiger partial charge in [0.05, 0.1) is 16.7 Å². The van der Waals surface area contributed by atoms with Crippen molar-refractivity contribution in [2.45, 2.75) is 25.9 Å². The zero-order valence-corrected chi connectivity index (χ0v) is 19.5. The number of nitrogens with zero attached hydrogens (tertiary/aromatic N) is 3. The number of non-ortho nitro benzene ring substituents is 1. The van der Waals surface area contributed by atoms with E-state index in [4.69, 9.17) is 16.6 Å². The molecule has 1 aliphatic rings. The Bertz CT molecular complexity index is 1350. The summed E-state index contributed by atoms with van der Waals surface area (Å²) in [6, 6.07) is 21.8. The molecule has 8 heteroatoms. The molecule has 4 aromatic rings. The fourth-order valence-electron chi connectivity index (χ4n) is 4.43. The van der Waals surface area contributed by atoms with Crippen LogP contribution in [0, 0.1) is 24.0 Å². The lowest BCUT2D eigenvalue weighted by atomic mass is 10.0. The van der Waals surface area contributed by atoms with Crippen molar-refractivity contribution in [3.8, 4) is 11.3 Å². The Balaban J connectivity index is 1.58. The van der Waals surface area contributed by atoms with Crippen LogP contribution in [0.3, 0.4) is 0 Å². The van der Waals surface area contributed by atoms with E-state index < -0.39 is 4.92 Å². The van der Waals surface area contributed by atoms with Crippen molar-refractivity contribution in [1.29, 1.82) is 0 Å². The number of aryl methyl sites for hydroxylation is 2. The summed E-state index contributed by atoms with van der Waals surface area (Å²) in [5.74, 6) is 1.35. The second-order valence-corrected chi connectivity index (χ2v) is 8.74. The number of anilines is 1. The molecule has 1 fully saturated rings. The molecule has 170 valence electrons. The van der Waals surface area contributed by atoms with Crippen molar-refractivity contribution in [2.75, 3.05) is 4.90 Å². The van der Waals surface area contributed by atoms with Gasteiger partial charge in [-0.3, -0.25) is 15.1 Å². The highest BCUT2D eigenvalue weighted by molar-refractivity contribution is 7.80. The maximum absolute atomic E-state index is 11.0. The van der Waals surface area contributed by atoms with E-state index in [1.165, 1.54) is 12.1 Å². The highest BCUT2D eigenvalue weighted by atomic mass is 32.1. The lowest BCUT2D eigenvalue weighted by molar-refractivity contribution is -0.384. The predicted octanol–water partition coefficient (Wildman–Crippen LogP) is 6.04. The summed E-state index contributed by atoms with van der Waals surface area (Å²) in [5.41, 5.74) is 4.92. The molecule has 0 radical (unpaired) electrons. The van der Waals surface area contributed by atoms with Crippen molar-refractivity contribution in [2.24, 2.45) is 0 Å². The number of hydrogen-bond donors (Lipinski definition) is 1. The Labute approximate surface area is 202 Å². The lowest BCUT2D eigenvalue weighted by Gasteiger charge is -2.26. The van der Waals surface area contributed by atoms with E-state index in [-0.39, 0.29) is 17.8 Å². The Kier molecular flexibility index (Phi) is 5.59. The van der Waals surface area contributed by atoms with Gasteiger partial charge >= 0.3 is 0 Å². The minimum atomic E-state index is -0.415. The average molecular weight is 471 g/mol. The lowest BCUT2D eigenvalue weighted by Crippen LogP contribution is -2.29. The first-order valence-corrected chi connectivity index (χ1v) is 11.2. The number of furan rings is 1. The molecule has 0 bridgehead atoms. The number of pyridine rings is 1. The third-order valence-corrected chi connectivity index (χ3v) is 6.18. The Morgan fingerprint density at radius 2 is 1.76 bits per heavy atom. The first kappa shape index (κ1) is 21.8. The molecular formula is C26H22N4O3S. The van der Waals surface area contributed by atoms with E-state index in [0.717, 1.165) is 33.8 Å². The normalized spacial score (nSPS) is 17.6. The van der Waals surface area contributed by atoms with Crippen molar-refractivity contribution in [3.63, 3.8) is 0 Å². The molecule has 34 heavy (non-hydrogen) atoms. The Morgan fingerprint density at radius 3 is 2.41 bits per heavy atom. The summed E-state index contributed by atoms with van der Waals surface area (Å²) in [6.07, 6.45) is 1.76. The number of benzene rings is 2. The molecule has 1 N–H and O–H groups in total. The summed E-state index contributed by atoms with van der Waals surface area (Å²) in [4.78, 5) is 17.2. The number of rotatable bonds is 5. The van der Waals surface area contributed by atoms with Gasteiger partial charge in [0, 0.05) is 29.6 Å². The fourth-order valence-corrected chi connectivity index (χ4v) is 4.77. The molecule has 0 unspecified atom stereocenters. The van der Waals surface area contributed by atoms with Crippen LogP contribution in [-0.4, -0.2) is 15.0 Å². The van der Waals surface area contributed by atoms with Crippen LogP contribution in [0.4, 0.5) is 11.4 Å². The maximum Gasteiger partial charge on any atom is 0.269 e. The van der Waals surface area contributed by atoms with Crippen LogP contribution in [0.2, 0.25) is 0 Å². The summed E-state index contributed by atoms with van der Waals surface area (Å²) < 4.78 is 6.33. The second kappa shape index (κ2) is 8.72. The van der Waals surface area contributed by atoms with Gasteiger partial charge in [0.1, 0.15) is 17.6 Å². The van der Waals surface area contributed by atoms with Gasteiger partial charge in [0.15, 0.2) is 5.11 Å². The van der Waals surface area contributed by atoms with Crippen LogP contribution in [0.25, 0.3) is 11.3 Å². The fraction of sp³-hybridized carbons (Fsp3) is 0.154. The highest BCUT2D eigenvalue weighted by Crippen LogP contribution is 2.43. The highest BCUT2D eigenvalue weighted by Gasteiger charge is 2.42. The van der Waals surface area contributed by atoms with Gasteiger partial charge in [-0.15, -0.1) is 0 Å². The molecule has 1 saturated heterocycles. The molecule has 2 aromatic heterocycles. The maximum atomic E-state index is 11.0. The van der Waals surface area contributed by atoms with Crippen LogP contribution in [0.15, 0.2) is 83.4 Å². The first-order chi connectivity index (χ1) is 16.4. The van der Waals surface area contributed by atoms with Crippen LogP contribution >= 0.6 is 12.2 Å². The predicted molar refractivity (Wildman–Crippen MR) is 135 cm³/mol. The molecule has 0 spiro atoms. The number of aromatic nitrogens is 1. The molecule has 7 nitrogen and oxygen atoms in total. The molecule has 0 amide bonds. The third-order valence-electron chi connectivity index (χ3n) is 5.86. The Hall–Kier alpha value is -4.04. The number of nitrogens with one attached hydrogen (secondary N) is 1. The SMILES string of the molecule is Cc1cc(C)cc(N2C(=S)N[C@@H](c3ccccn3)[C@@H]2c2ccc(-c3ccc([N+](=O)[O-])cc3)o2)c1. The van der Waals surface area contributed by atoms with Gasteiger partial charge in [0.25, 0.3) is 5.69 Å². The summed E-state index contributed by atoms with van der Waals surface area (Å²) in [6.45, 7) is 4.13.